The second kappa shape index (κ2) is 6.04. The fourth-order valence-corrected chi connectivity index (χ4v) is 2.40. The molecule has 0 radical (unpaired) electrons. The van der Waals surface area contributed by atoms with Crippen LogP contribution in [0.25, 0.3) is 5.65 Å². The summed E-state index contributed by atoms with van der Waals surface area (Å²) in [5.41, 5.74) is 0.0676. The second-order valence-corrected chi connectivity index (χ2v) is 5.47. The van der Waals surface area contributed by atoms with Crippen molar-refractivity contribution in [3.05, 3.63) is 52.4 Å². The lowest BCUT2D eigenvalue weighted by molar-refractivity contribution is 0.102. The quantitative estimate of drug-likeness (QED) is 0.706. The number of aromatic nitrogens is 3. The Morgan fingerprint density at radius 1 is 1.38 bits per heavy atom. The zero-order valence-electron chi connectivity index (χ0n) is 12.3. The molecule has 6 nitrogen and oxygen atoms in total. The number of aryl methyl sites for hydroxylation is 1. The van der Waals surface area contributed by atoms with Crippen LogP contribution in [-0.2, 0) is 0 Å². The summed E-state index contributed by atoms with van der Waals surface area (Å²) in [6.45, 7) is 1.55. The van der Waals surface area contributed by atoms with Crippen molar-refractivity contribution in [1.29, 1.82) is 0 Å². The molecule has 0 spiro atoms. The molecule has 0 saturated carbocycles. The van der Waals surface area contributed by atoms with Crippen molar-refractivity contribution in [1.82, 2.24) is 14.6 Å². The SMILES string of the molecule is Cc1cc(C(F)F)n2ncc(C(=O)Nc3cc(Cl)ccc3O)c2n1. The first-order valence-corrected chi connectivity index (χ1v) is 7.18. The largest absolute Gasteiger partial charge is 0.506 e. The Kier molecular flexibility index (Phi) is 4.06. The number of aromatic hydroxyl groups is 1. The highest BCUT2D eigenvalue weighted by Crippen LogP contribution is 2.28. The molecule has 124 valence electrons. The minimum atomic E-state index is -2.76. The van der Waals surface area contributed by atoms with Crippen molar-refractivity contribution >= 4 is 28.8 Å². The van der Waals surface area contributed by atoms with Gasteiger partial charge in [-0.25, -0.2) is 18.3 Å². The number of nitrogens with one attached hydrogen (secondary N) is 1. The highest BCUT2D eigenvalue weighted by Gasteiger charge is 2.21. The van der Waals surface area contributed by atoms with E-state index < -0.39 is 12.3 Å². The van der Waals surface area contributed by atoms with Gasteiger partial charge in [-0.2, -0.15) is 5.10 Å². The van der Waals surface area contributed by atoms with Gasteiger partial charge in [0.1, 0.15) is 17.0 Å². The maximum Gasteiger partial charge on any atom is 0.280 e. The van der Waals surface area contributed by atoms with Crippen molar-refractivity contribution in [3.63, 3.8) is 0 Å². The number of phenols is 1. The standard InChI is InChI=1S/C15H11ClF2N4O2/c1-7-4-11(13(17)18)22-14(20-7)9(6-19-22)15(24)21-10-5-8(16)2-3-12(10)23/h2-6,13,23H,1H3,(H,21,24). The van der Waals surface area contributed by atoms with Crippen molar-refractivity contribution in [2.24, 2.45) is 0 Å². The molecule has 0 aliphatic rings. The van der Waals surface area contributed by atoms with Gasteiger partial charge in [0.05, 0.1) is 11.9 Å². The molecule has 0 bridgehead atoms. The van der Waals surface area contributed by atoms with Crippen molar-refractivity contribution < 1.29 is 18.7 Å². The van der Waals surface area contributed by atoms with Crippen LogP contribution in [0, 0.1) is 6.92 Å². The summed E-state index contributed by atoms with van der Waals surface area (Å²) in [5, 5.41) is 16.3. The Morgan fingerprint density at radius 2 is 2.12 bits per heavy atom. The highest BCUT2D eigenvalue weighted by molar-refractivity contribution is 6.31. The number of carbonyl (C=O) groups is 1. The molecule has 1 amide bonds. The highest BCUT2D eigenvalue weighted by atomic mass is 35.5. The Labute approximate surface area is 139 Å². The predicted octanol–water partition coefficient (Wildman–Crippen LogP) is 3.59. The number of rotatable bonds is 3. The molecule has 9 heteroatoms. The number of hydrogen-bond acceptors (Lipinski definition) is 4. The Hall–Kier alpha value is -2.74. The molecule has 3 aromatic rings. The molecular formula is C15H11ClF2N4O2. The molecule has 2 heterocycles. The molecule has 1 aromatic carbocycles. The zero-order chi connectivity index (χ0) is 17.4. The lowest BCUT2D eigenvalue weighted by Crippen LogP contribution is -2.13. The van der Waals surface area contributed by atoms with Crippen LogP contribution in [0.1, 0.15) is 28.2 Å². The molecule has 0 unspecified atom stereocenters. The van der Waals surface area contributed by atoms with Gasteiger partial charge in [-0.05, 0) is 31.2 Å². The molecule has 0 aliphatic carbocycles. The van der Waals surface area contributed by atoms with E-state index in [1.807, 2.05) is 0 Å². The van der Waals surface area contributed by atoms with Gasteiger partial charge in [0.2, 0.25) is 0 Å². The van der Waals surface area contributed by atoms with Crippen LogP contribution >= 0.6 is 11.6 Å². The number of nitrogens with zero attached hydrogens (tertiary/aromatic N) is 3. The molecule has 2 N–H and O–H groups in total. The summed E-state index contributed by atoms with van der Waals surface area (Å²) >= 11 is 5.82. The van der Waals surface area contributed by atoms with Crippen molar-refractivity contribution in [2.75, 3.05) is 5.32 Å². The number of benzene rings is 1. The molecular weight excluding hydrogens is 342 g/mol. The molecule has 3 rings (SSSR count). The summed E-state index contributed by atoms with van der Waals surface area (Å²) in [4.78, 5) is 16.5. The number of carbonyl (C=O) groups excluding carboxylic acids is 1. The summed E-state index contributed by atoms with van der Waals surface area (Å²) in [6, 6.07) is 5.35. The number of anilines is 1. The lowest BCUT2D eigenvalue weighted by Gasteiger charge is -2.08. The lowest BCUT2D eigenvalue weighted by atomic mass is 10.2. The summed E-state index contributed by atoms with van der Waals surface area (Å²) < 4.78 is 27.1. The van der Waals surface area contributed by atoms with E-state index in [1.54, 1.807) is 6.92 Å². The molecule has 0 atom stereocenters. The third kappa shape index (κ3) is 2.88. The van der Waals surface area contributed by atoms with E-state index in [0.29, 0.717) is 10.7 Å². The van der Waals surface area contributed by atoms with Crippen LogP contribution in [0.4, 0.5) is 14.5 Å². The van der Waals surface area contributed by atoms with Crippen molar-refractivity contribution in [2.45, 2.75) is 13.3 Å². The van der Waals surface area contributed by atoms with Gasteiger partial charge >= 0.3 is 0 Å². The van der Waals surface area contributed by atoms with Gasteiger partial charge in [0.15, 0.2) is 5.65 Å². The van der Waals surface area contributed by atoms with Gasteiger partial charge in [-0.3, -0.25) is 4.79 Å². The molecule has 0 aliphatic heterocycles. The van der Waals surface area contributed by atoms with Crippen LogP contribution in [0.2, 0.25) is 5.02 Å². The average molecular weight is 353 g/mol. The molecule has 2 aromatic heterocycles. The minimum Gasteiger partial charge on any atom is -0.506 e. The molecule has 0 fully saturated rings. The number of halogens is 3. The first kappa shape index (κ1) is 16.1. The van der Waals surface area contributed by atoms with E-state index in [9.17, 15) is 18.7 Å². The van der Waals surface area contributed by atoms with Gasteiger partial charge in [0, 0.05) is 10.7 Å². The maximum absolute atomic E-state index is 13.1. The van der Waals surface area contributed by atoms with Crippen LogP contribution in [0.5, 0.6) is 5.75 Å². The Balaban J connectivity index is 2.03. The zero-order valence-corrected chi connectivity index (χ0v) is 13.1. The van der Waals surface area contributed by atoms with E-state index in [0.717, 1.165) is 10.7 Å². The van der Waals surface area contributed by atoms with Crippen molar-refractivity contribution in [3.8, 4) is 5.75 Å². The number of hydrogen-bond donors (Lipinski definition) is 2. The van der Waals surface area contributed by atoms with Crippen LogP contribution in [0.15, 0.2) is 30.5 Å². The third-order valence-electron chi connectivity index (χ3n) is 3.30. The number of fused-ring (bicyclic) bond motifs is 1. The topological polar surface area (TPSA) is 79.5 Å². The first-order chi connectivity index (χ1) is 11.4. The molecule has 0 saturated heterocycles. The van der Waals surface area contributed by atoms with E-state index >= 15 is 0 Å². The van der Waals surface area contributed by atoms with E-state index in [-0.39, 0.29) is 28.3 Å². The van der Waals surface area contributed by atoms with Gasteiger partial charge < -0.3 is 10.4 Å². The monoisotopic (exact) mass is 352 g/mol. The fraction of sp³-hybridized carbons (Fsp3) is 0.133. The van der Waals surface area contributed by atoms with Gasteiger partial charge in [0.25, 0.3) is 12.3 Å². The summed E-state index contributed by atoms with van der Waals surface area (Å²) in [6.07, 6.45) is -1.62. The maximum atomic E-state index is 13.1. The first-order valence-electron chi connectivity index (χ1n) is 6.80. The van der Waals surface area contributed by atoms with Crippen LogP contribution in [-0.4, -0.2) is 25.6 Å². The van der Waals surface area contributed by atoms with E-state index in [4.69, 9.17) is 11.6 Å². The van der Waals surface area contributed by atoms with E-state index in [1.165, 1.54) is 24.3 Å². The van der Waals surface area contributed by atoms with E-state index in [2.05, 4.69) is 15.4 Å². The average Bonchev–Trinajstić information content (AvgIpc) is 2.93. The van der Waals surface area contributed by atoms with Gasteiger partial charge in [-0.15, -0.1) is 0 Å². The summed E-state index contributed by atoms with van der Waals surface area (Å²) in [7, 11) is 0. The Morgan fingerprint density at radius 3 is 2.83 bits per heavy atom. The fourth-order valence-electron chi connectivity index (χ4n) is 2.23. The Bertz CT molecular complexity index is 943. The number of alkyl halides is 2. The summed E-state index contributed by atoms with van der Waals surface area (Å²) in [5.74, 6) is -0.831. The van der Waals surface area contributed by atoms with Crippen LogP contribution < -0.4 is 5.32 Å². The predicted molar refractivity (Wildman–Crippen MR) is 83.8 cm³/mol. The smallest absolute Gasteiger partial charge is 0.280 e. The number of amides is 1. The second-order valence-electron chi connectivity index (χ2n) is 5.03. The third-order valence-corrected chi connectivity index (χ3v) is 3.54. The molecule has 24 heavy (non-hydrogen) atoms. The number of phenolic OH excluding ortho intramolecular Hbond substituents is 1. The van der Waals surface area contributed by atoms with Gasteiger partial charge in [-0.1, -0.05) is 11.6 Å². The normalized spacial score (nSPS) is 11.2. The minimum absolute atomic E-state index is 0.0000227. The van der Waals surface area contributed by atoms with Crippen LogP contribution in [0.3, 0.4) is 0 Å².